The van der Waals surface area contributed by atoms with Gasteiger partial charge in [-0.2, -0.15) is 0 Å². The monoisotopic (exact) mass is 787 g/mol. The van der Waals surface area contributed by atoms with Crippen LogP contribution in [-0.2, 0) is 5.41 Å². The summed E-state index contributed by atoms with van der Waals surface area (Å²) in [5.41, 5.74) is 15.2. The van der Waals surface area contributed by atoms with Crippen LogP contribution in [0.1, 0.15) is 22.3 Å². The Morgan fingerprint density at radius 3 is 1.58 bits per heavy atom. The summed E-state index contributed by atoms with van der Waals surface area (Å²) in [5.74, 6) is 0. The molecule has 0 spiro atoms. The molecule has 0 unspecified atom stereocenters. The van der Waals surface area contributed by atoms with Gasteiger partial charge < -0.3 is 4.90 Å². The predicted molar refractivity (Wildman–Crippen MR) is 262 cm³/mol. The van der Waals surface area contributed by atoms with Crippen molar-refractivity contribution >= 4 is 49.4 Å². The fourth-order valence-corrected chi connectivity index (χ4v) is 10.4. The van der Waals surface area contributed by atoms with Gasteiger partial charge in [0.1, 0.15) is 0 Å². The third kappa shape index (κ3) is 5.63. The van der Waals surface area contributed by atoms with Crippen LogP contribution < -0.4 is 4.90 Å². The van der Waals surface area contributed by atoms with Crippen LogP contribution in [0.5, 0.6) is 0 Å². The van der Waals surface area contributed by atoms with Gasteiger partial charge in [0.15, 0.2) is 0 Å². The Kier molecular flexibility index (Phi) is 8.47. The Morgan fingerprint density at radius 2 is 0.806 bits per heavy atom. The molecule has 0 saturated carbocycles. The number of nitrogens with zero attached hydrogens (tertiary/aromatic N) is 1. The Hall–Kier alpha value is -8.00. The first-order valence-corrected chi connectivity index (χ1v) is 21.5. The van der Waals surface area contributed by atoms with Crippen LogP contribution >= 0.6 is 0 Å². The summed E-state index contributed by atoms with van der Waals surface area (Å²) in [6, 6.07) is 91.7. The second-order valence-electron chi connectivity index (χ2n) is 16.4. The molecule has 1 heteroatoms. The lowest BCUT2D eigenvalue weighted by atomic mass is 9.67. The molecule has 0 saturated heterocycles. The largest absolute Gasteiger partial charge is 0.310 e. The Morgan fingerprint density at radius 1 is 0.258 bits per heavy atom. The highest BCUT2D eigenvalue weighted by atomic mass is 15.1. The molecule has 0 amide bonds. The van der Waals surface area contributed by atoms with E-state index in [2.05, 4.69) is 254 Å². The van der Waals surface area contributed by atoms with Gasteiger partial charge in [0, 0.05) is 17.1 Å². The third-order valence-corrected chi connectivity index (χ3v) is 13.1. The normalized spacial score (nSPS) is 12.6. The fourth-order valence-electron chi connectivity index (χ4n) is 10.4. The number of hydrogen-bond acceptors (Lipinski definition) is 1. The van der Waals surface area contributed by atoms with Crippen molar-refractivity contribution in [2.24, 2.45) is 0 Å². The van der Waals surface area contributed by atoms with E-state index in [1.54, 1.807) is 0 Å². The lowest BCUT2D eigenvalue weighted by Gasteiger charge is -2.35. The lowest BCUT2D eigenvalue weighted by molar-refractivity contribution is 0.768. The molecule has 0 fully saturated rings. The molecule has 0 bridgehead atoms. The van der Waals surface area contributed by atoms with Crippen LogP contribution in [-0.4, -0.2) is 0 Å². The van der Waals surface area contributed by atoms with Crippen LogP contribution in [0.3, 0.4) is 0 Å². The molecule has 1 aliphatic rings. The summed E-state index contributed by atoms with van der Waals surface area (Å²) in [4.78, 5) is 2.45. The lowest BCUT2D eigenvalue weighted by Crippen LogP contribution is -2.28. The molecule has 0 aliphatic heterocycles. The van der Waals surface area contributed by atoms with Crippen molar-refractivity contribution in [3.63, 3.8) is 0 Å². The molecule has 1 aliphatic carbocycles. The summed E-state index contributed by atoms with van der Waals surface area (Å²) < 4.78 is 0. The predicted octanol–water partition coefficient (Wildman–Crippen LogP) is 16.3. The molecule has 11 aromatic rings. The van der Waals surface area contributed by atoms with Gasteiger partial charge in [0.25, 0.3) is 0 Å². The number of fused-ring (bicyclic) bond motifs is 7. The van der Waals surface area contributed by atoms with Gasteiger partial charge in [-0.1, -0.05) is 206 Å². The van der Waals surface area contributed by atoms with Crippen molar-refractivity contribution < 1.29 is 0 Å². The summed E-state index contributed by atoms with van der Waals surface area (Å²) in [7, 11) is 0. The zero-order valence-corrected chi connectivity index (χ0v) is 34.1. The van der Waals surface area contributed by atoms with Crippen molar-refractivity contribution in [1.82, 2.24) is 0 Å². The fraction of sp³-hybridized carbons (Fsp3) is 0.0164. The average molecular weight is 788 g/mol. The maximum atomic E-state index is 2.46. The first kappa shape index (κ1) is 35.9. The Balaban J connectivity index is 1.09. The van der Waals surface area contributed by atoms with Crippen molar-refractivity contribution in [2.75, 3.05) is 4.90 Å². The van der Waals surface area contributed by atoms with Gasteiger partial charge in [0.05, 0.1) is 5.41 Å². The highest BCUT2D eigenvalue weighted by Crippen LogP contribution is 2.57. The van der Waals surface area contributed by atoms with E-state index in [1.165, 1.54) is 88.0 Å². The van der Waals surface area contributed by atoms with Crippen LogP contribution in [0.2, 0.25) is 0 Å². The van der Waals surface area contributed by atoms with E-state index >= 15 is 0 Å². The molecule has 0 atom stereocenters. The van der Waals surface area contributed by atoms with Gasteiger partial charge in [0.2, 0.25) is 0 Å². The van der Waals surface area contributed by atoms with Crippen molar-refractivity contribution in [1.29, 1.82) is 0 Å². The van der Waals surface area contributed by atoms with Crippen LogP contribution in [0.4, 0.5) is 17.1 Å². The Bertz CT molecular complexity index is 3410. The topological polar surface area (TPSA) is 3.24 Å². The molecule has 11 aromatic carbocycles. The minimum Gasteiger partial charge on any atom is -0.310 e. The van der Waals surface area contributed by atoms with Gasteiger partial charge in [-0.15, -0.1) is 0 Å². The van der Waals surface area contributed by atoms with Gasteiger partial charge in [-0.3, -0.25) is 0 Å². The number of rotatable bonds is 7. The molecule has 12 rings (SSSR count). The molecule has 0 heterocycles. The first-order valence-electron chi connectivity index (χ1n) is 21.5. The molecule has 0 radical (unpaired) electrons. The van der Waals surface area contributed by atoms with Crippen LogP contribution in [0.25, 0.3) is 65.7 Å². The van der Waals surface area contributed by atoms with Crippen LogP contribution in [0, 0.1) is 0 Å². The molecule has 1 nitrogen and oxygen atoms in total. The zero-order chi connectivity index (χ0) is 41.0. The van der Waals surface area contributed by atoms with Gasteiger partial charge in [-0.25, -0.2) is 0 Å². The van der Waals surface area contributed by atoms with Crippen molar-refractivity contribution in [3.8, 4) is 33.4 Å². The quantitative estimate of drug-likeness (QED) is 0.145. The van der Waals surface area contributed by atoms with Gasteiger partial charge >= 0.3 is 0 Å². The van der Waals surface area contributed by atoms with Crippen molar-refractivity contribution in [3.05, 3.63) is 271 Å². The standard InChI is InChI=1S/C61H41N/c1-3-21-46(22-4-1)61(47-23-5-2-6-24-47)59-32-14-13-30-56(59)57-38-37-50(41-60(57)61)62(48-35-33-43(34-36-48)52-31-16-19-42-17-7-9-26-51(42)52)49-25-15-20-44(39-49)58-40-45-18-8-10-27-53(45)54-28-11-12-29-55(54)58/h1-41H. The zero-order valence-electron chi connectivity index (χ0n) is 34.1. The first-order chi connectivity index (χ1) is 30.8. The minimum absolute atomic E-state index is 0.514. The maximum absolute atomic E-state index is 2.46. The van der Waals surface area contributed by atoms with Gasteiger partial charge in [-0.05, 0) is 130 Å². The summed E-state index contributed by atoms with van der Waals surface area (Å²) in [6.07, 6.45) is 0. The Labute approximate surface area is 362 Å². The highest BCUT2D eigenvalue weighted by Gasteiger charge is 2.46. The number of anilines is 3. The second kappa shape index (κ2) is 14.6. The van der Waals surface area contributed by atoms with Crippen molar-refractivity contribution in [2.45, 2.75) is 5.41 Å². The molecule has 0 N–H and O–H groups in total. The molecule has 290 valence electrons. The average Bonchev–Trinajstić information content (AvgIpc) is 3.65. The van der Waals surface area contributed by atoms with E-state index in [9.17, 15) is 0 Å². The van der Waals surface area contributed by atoms with Crippen LogP contribution in [0.15, 0.2) is 249 Å². The second-order valence-corrected chi connectivity index (χ2v) is 16.4. The minimum atomic E-state index is -0.514. The summed E-state index contributed by atoms with van der Waals surface area (Å²) in [6.45, 7) is 0. The van der Waals surface area contributed by atoms with E-state index in [4.69, 9.17) is 0 Å². The molecular weight excluding hydrogens is 747 g/mol. The van der Waals surface area contributed by atoms with E-state index in [1.807, 2.05) is 0 Å². The number of benzene rings is 11. The van der Waals surface area contributed by atoms with E-state index in [0.29, 0.717) is 0 Å². The van der Waals surface area contributed by atoms with E-state index in [0.717, 1.165) is 17.1 Å². The summed E-state index contributed by atoms with van der Waals surface area (Å²) in [5, 5.41) is 7.53. The third-order valence-electron chi connectivity index (χ3n) is 13.1. The van der Waals surface area contributed by atoms with E-state index in [-0.39, 0.29) is 0 Å². The maximum Gasteiger partial charge on any atom is 0.0714 e. The molecule has 62 heavy (non-hydrogen) atoms. The highest BCUT2D eigenvalue weighted by molar-refractivity contribution is 6.14. The smallest absolute Gasteiger partial charge is 0.0714 e. The van der Waals surface area contributed by atoms with E-state index < -0.39 is 5.41 Å². The number of hydrogen-bond donors (Lipinski definition) is 0. The SMILES string of the molecule is c1ccc(C2(c3ccccc3)c3ccccc3-c3ccc(N(c4ccc(-c5cccc6ccccc56)cc4)c4cccc(-c5cc6ccccc6c6ccccc56)c4)cc32)cc1. The molecular formula is C61H41N. The summed E-state index contributed by atoms with van der Waals surface area (Å²) >= 11 is 0. The molecule has 0 aromatic heterocycles.